The standard InChI is InChI=1S/C16H19BrN2/c1-10-7-12(3)14(8-11(10)2)16(18-4)15-6-5-13(17)9-19-15/h5-9,16,18H,1-4H3. The van der Waals surface area contributed by atoms with Gasteiger partial charge in [0.25, 0.3) is 0 Å². The molecule has 0 radical (unpaired) electrons. The van der Waals surface area contributed by atoms with Gasteiger partial charge < -0.3 is 5.32 Å². The average Bonchev–Trinajstić information content (AvgIpc) is 2.38. The molecule has 0 fully saturated rings. The number of rotatable bonds is 3. The molecule has 19 heavy (non-hydrogen) atoms. The first kappa shape index (κ1) is 14.2. The van der Waals surface area contributed by atoms with Gasteiger partial charge in [-0.1, -0.05) is 12.1 Å². The Morgan fingerprint density at radius 2 is 1.74 bits per heavy atom. The minimum absolute atomic E-state index is 0.132. The third-order valence-corrected chi connectivity index (χ3v) is 4.00. The highest BCUT2D eigenvalue weighted by Crippen LogP contribution is 2.26. The molecule has 1 aromatic heterocycles. The van der Waals surface area contributed by atoms with Crippen LogP contribution in [0.15, 0.2) is 34.9 Å². The summed E-state index contributed by atoms with van der Waals surface area (Å²) in [5, 5.41) is 3.36. The lowest BCUT2D eigenvalue weighted by molar-refractivity contribution is 0.666. The molecule has 2 rings (SSSR count). The minimum Gasteiger partial charge on any atom is -0.308 e. The van der Waals surface area contributed by atoms with E-state index in [0.717, 1.165) is 10.2 Å². The van der Waals surface area contributed by atoms with Crippen molar-refractivity contribution in [2.45, 2.75) is 26.8 Å². The summed E-state index contributed by atoms with van der Waals surface area (Å²) in [4.78, 5) is 4.51. The SMILES string of the molecule is CNC(c1ccc(Br)cn1)c1cc(C)c(C)cc1C. The highest BCUT2D eigenvalue weighted by molar-refractivity contribution is 9.10. The van der Waals surface area contributed by atoms with E-state index in [2.05, 4.69) is 65.2 Å². The van der Waals surface area contributed by atoms with E-state index < -0.39 is 0 Å². The molecule has 3 heteroatoms. The van der Waals surface area contributed by atoms with Gasteiger partial charge in [0.1, 0.15) is 0 Å². The van der Waals surface area contributed by atoms with Gasteiger partial charge >= 0.3 is 0 Å². The lowest BCUT2D eigenvalue weighted by Crippen LogP contribution is -2.20. The van der Waals surface area contributed by atoms with Gasteiger partial charge in [0, 0.05) is 10.7 Å². The highest BCUT2D eigenvalue weighted by atomic mass is 79.9. The van der Waals surface area contributed by atoms with Crippen LogP contribution in [0.5, 0.6) is 0 Å². The predicted octanol–water partition coefficient (Wildman–Crippen LogP) is 4.08. The fourth-order valence-electron chi connectivity index (χ4n) is 2.31. The molecule has 1 atom stereocenters. The molecule has 100 valence electrons. The van der Waals surface area contributed by atoms with Gasteiger partial charge in [-0.15, -0.1) is 0 Å². The molecule has 1 unspecified atom stereocenters. The van der Waals surface area contributed by atoms with Crippen LogP contribution in [0.1, 0.15) is 34.0 Å². The van der Waals surface area contributed by atoms with Gasteiger partial charge in [-0.2, -0.15) is 0 Å². The monoisotopic (exact) mass is 318 g/mol. The molecule has 0 aliphatic carbocycles. The van der Waals surface area contributed by atoms with Crippen molar-refractivity contribution in [3.8, 4) is 0 Å². The smallest absolute Gasteiger partial charge is 0.0751 e. The zero-order valence-electron chi connectivity index (χ0n) is 11.8. The van der Waals surface area contributed by atoms with Crippen LogP contribution in [-0.4, -0.2) is 12.0 Å². The molecule has 0 saturated carbocycles. The van der Waals surface area contributed by atoms with Crippen LogP contribution < -0.4 is 5.32 Å². The quantitative estimate of drug-likeness (QED) is 0.922. The fraction of sp³-hybridized carbons (Fsp3) is 0.312. The topological polar surface area (TPSA) is 24.9 Å². The highest BCUT2D eigenvalue weighted by Gasteiger charge is 2.16. The summed E-state index contributed by atoms with van der Waals surface area (Å²) in [7, 11) is 1.98. The molecule has 0 amide bonds. The first-order valence-electron chi connectivity index (χ1n) is 6.39. The van der Waals surface area contributed by atoms with E-state index in [9.17, 15) is 0 Å². The van der Waals surface area contributed by atoms with Gasteiger partial charge in [0.05, 0.1) is 11.7 Å². The largest absolute Gasteiger partial charge is 0.308 e. The van der Waals surface area contributed by atoms with Crippen molar-refractivity contribution in [2.24, 2.45) is 0 Å². The summed E-state index contributed by atoms with van der Waals surface area (Å²) in [5.41, 5.74) is 6.28. The molecular formula is C16H19BrN2. The van der Waals surface area contributed by atoms with Gasteiger partial charge in [-0.05, 0) is 78.1 Å². The Labute approximate surface area is 123 Å². The zero-order valence-corrected chi connectivity index (χ0v) is 13.4. The molecule has 1 N–H and O–H groups in total. The lowest BCUT2D eigenvalue weighted by Gasteiger charge is -2.20. The van der Waals surface area contributed by atoms with Crippen molar-refractivity contribution in [3.05, 3.63) is 62.9 Å². The summed E-state index contributed by atoms with van der Waals surface area (Å²) < 4.78 is 1.00. The van der Waals surface area contributed by atoms with Crippen molar-refractivity contribution in [1.29, 1.82) is 0 Å². The predicted molar refractivity (Wildman–Crippen MR) is 83.5 cm³/mol. The van der Waals surface area contributed by atoms with Crippen molar-refractivity contribution in [3.63, 3.8) is 0 Å². The fourth-order valence-corrected chi connectivity index (χ4v) is 2.55. The number of nitrogens with one attached hydrogen (secondary N) is 1. The van der Waals surface area contributed by atoms with E-state index in [4.69, 9.17) is 0 Å². The summed E-state index contributed by atoms with van der Waals surface area (Å²) in [6.07, 6.45) is 1.84. The lowest BCUT2D eigenvalue weighted by atomic mass is 9.94. The maximum Gasteiger partial charge on any atom is 0.0751 e. The van der Waals surface area contributed by atoms with E-state index in [-0.39, 0.29) is 6.04 Å². The summed E-state index contributed by atoms with van der Waals surface area (Å²) in [5.74, 6) is 0. The Balaban J connectivity index is 2.47. The van der Waals surface area contributed by atoms with E-state index in [0.29, 0.717) is 0 Å². The number of benzene rings is 1. The molecule has 1 aromatic carbocycles. The van der Waals surface area contributed by atoms with E-state index in [1.165, 1.54) is 22.3 Å². The van der Waals surface area contributed by atoms with Gasteiger partial charge in [-0.3, -0.25) is 4.98 Å². The molecule has 0 aliphatic rings. The maximum absolute atomic E-state index is 4.51. The van der Waals surface area contributed by atoms with Crippen LogP contribution >= 0.6 is 15.9 Å². The molecule has 0 bridgehead atoms. The summed E-state index contributed by atoms with van der Waals surface area (Å²) >= 11 is 3.43. The Kier molecular flexibility index (Phi) is 4.38. The van der Waals surface area contributed by atoms with Crippen molar-refractivity contribution >= 4 is 15.9 Å². The van der Waals surface area contributed by atoms with Crippen molar-refractivity contribution in [2.75, 3.05) is 7.05 Å². The molecule has 0 saturated heterocycles. The second kappa shape index (κ2) is 5.85. The summed E-state index contributed by atoms with van der Waals surface area (Å²) in [6, 6.07) is 8.72. The Bertz CT molecular complexity index is 576. The first-order chi connectivity index (χ1) is 9.02. The number of aromatic nitrogens is 1. The molecule has 0 aliphatic heterocycles. The number of aryl methyl sites for hydroxylation is 3. The number of pyridine rings is 1. The van der Waals surface area contributed by atoms with Crippen molar-refractivity contribution < 1.29 is 0 Å². The van der Waals surface area contributed by atoms with Crippen LogP contribution in [0.2, 0.25) is 0 Å². The Hall–Kier alpha value is -1.19. The van der Waals surface area contributed by atoms with Gasteiger partial charge in [-0.25, -0.2) is 0 Å². The van der Waals surface area contributed by atoms with Crippen LogP contribution in [0, 0.1) is 20.8 Å². The van der Waals surface area contributed by atoms with Crippen LogP contribution in [0.3, 0.4) is 0 Å². The van der Waals surface area contributed by atoms with Gasteiger partial charge in [0.2, 0.25) is 0 Å². The molecule has 1 heterocycles. The Morgan fingerprint density at radius 3 is 2.32 bits per heavy atom. The molecular weight excluding hydrogens is 300 g/mol. The van der Waals surface area contributed by atoms with Gasteiger partial charge in [0.15, 0.2) is 0 Å². The first-order valence-corrected chi connectivity index (χ1v) is 7.18. The van der Waals surface area contributed by atoms with Crippen LogP contribution in [0.4, 0.5) is 0 Å². The third kappa shape index (κ3) is 3.04. The van der Waals surface area contributed by atoms with E-state index in [1.807, 2.05) is 19.3 Å². The van der Waals surface area contributed by atoms with Crippen LogP contribution in [0.25, 0.3) is 0 Å². The van der Waals surface area contributed by atoms with E-state index >= 15 is 0 Å². The zero-order chi connectivity index (χ0) is 14.0. The number of nitrogens with zero attached hydrogens (tertiary/aromatic N) is 1. The third-order valence-electron chi connectivity index (χ3n) is 3.53. The second-order valence-electron chi connectivity index (χ2n) is 4.92. The normalized spacial score (nSPS) is 12.5. The number of halogens is 1. The van der Waals surface area contributed by atoms with E-state index in [1.54, 1.807) is 0 Å². The molecule has 2 nitrogen and oxygen atoms in total. The average molecular weight is 319 g/mol. The van der Waals surface area contributed by atoms with Crippen LogP contribution in [-0.2, 0) is 0 Å². The minimum atomic E-state index is 0.132. The molecule has 2 aromatic rings. The Morgan fingerprint density at radius 1 is 1.05 bits per heavy atom. The number of hydrogen-bond acceptors (Lipinski definition) is 2. The van der Waals surface area contributed by atoms with Crippen molar-refractivity contribution in [1.82, 2.24) is 10.3 Å². The number of hydrogen-bond donors (Lipinski definition) is 1. The molecule has 0 spiro atoms. The maximum atomic E-state index is 4.51. The summed E-state index contributed by atoms with van der Waals surface area (Å²) in [6.45, 7) is 6.46. The second-order valence-corrected chi connectivity index (χ2v) is 5.83.